The lowest BCUT2D eigenvalue weighted by Gasteiger charge is -2.28. The molecule has 1 aromatic heterocycles. The molecule has 2 aliphatic rings. The molecule has 1 saturated heterocycles. The normalized spacial score (nSPS) is 30.9. The van der Waals surface area contributed by atoms with Crippen LogP contribution in [0.3, 0.4) is 0 Å². The number of nitrogens with zero attached hydrogens (tertiary/aromatic N) is 2. The first kappa shape index (κ1) is 13.1. The van der Waals surface area contributed by atoms with Crippen molar-refractivity contribution < 1.29 is 0 Å². The van der Waals surface area contributed by atoms with Crippen molar-refractivity contribution >= 4 is 0 Å². The molecule has 0 aromatic carbocycles. The largest absolute Gasteiger partial charge is 0.303 e. The number of fused-ring (bicyclic) bond motifs is 1. The van der Waals surface area contributed by atoms with Crippen LogP contribution in [0.25, 0.3) is 0 Å². The van der Waals surface area contributed by atoms with Crippen LogP contribution in [0.15, 0.2) is 0 Å². The summed E-state index contributed by atoms with van der Waals surface area (Å²) in [5.41, 5.74) is 7.07. The first-order valence-electron chi connectivity index (χ1n) is 7.67. The monoisotopic (exact) mass is 258 g/mol. The van der Waals surface area contributed by atoms with Gasteiger partial charge in [-0.25, -0.2) is 0 Å². The van der Waals surface area contributed by atoms with Gasteiger partial charge in [0, 0.05) is 23.3 Å². The number of rotatable bonds is 1. The van der Waals surface area contributed by atoms with Crippen molar-refractivity contribution in [1.29, 1.82) is 0 Å². The van der Waals surface area contributed by atoms with Crippen LogP contribution in [0.5, 0.6) is 0 Å². The van der Waals surface area contributed by atoms with Gasteiger partial charge in [-0.2, -0.15) is 0 Å². The number of hydrogen-bond donors (Lipinski definition) is 0. The molecule has 3 atom stereocenters. The Balaban J connectivity index is 1.97. The Labute approximate surface area is 117 Å². The van der Waals surface area contributed by atoms with Crippen LogP contribution < -0.4 is 0 Å². The van der Waals surface area contributed by atoms with Crippen molar-refractivity contribution in [3.63, 3.8) is 0 Å². The zero-order chi connectivity index (χ0) is 13.7. The van der Waals surface area contributed by atoms with Crippen molar-refractivity contribution in [2.75, 3.05) is 13.6 Å². The number of hydrogen-bond acceptors (Lipinski definition) is 2. The predicted octanol–water partition coefficient (Wildman–Crippen LogP) is 3.38. The molecule has 2 heteroatoms. The molecule has 0 N–H and O–H groups in total. The molecule has 0 saturated carbocycles. The number of aryl methyl sites for hydroxylation is 1. The Kier molecular flexibility index (Phi) is 3.17. The summed E-state index contributed by atoms with van der Waals surface area (Å²) >= 11 is 0. The molecule has 3 unspecified atom stereocenters. The molecule has 1 aliphatic heterocycles. The molecule has 0 amide bonds. The molecule has 104 valence electrons. The van der Waals surface area contributed by atoms with Crippen molar-refractivity contribution in [3.05, 3.63) is 28.1 Å². The highest BCUT2D eigenvalue weighted by molar-refractivity contribution is 5.43. The van der Waals surface area contributed by atoms with E-state index in [1.807, 2.05) is 0 Å². The molecule has 0 radical (unpaired) electrons. The quantitative estimate of drug-likeness (QED) is 0.767. The Morgan fingerprint density at radius 1 is 1.16 bits per heavy atom. The minimum Gasteiger partial charge on any atom is -0.303 e. The lowest BCUT2D eigenvalue weighted by Crippen LogP contribution is -2.34. The third kappa shape index (κ3) is 1.92. The molecule has 0 bridgehead atoms. The van der Waals surface area contributed by atoms with E-state index in [9.17, 15) is 0 Å². The van der Waals surface area contributed by atoms with E-state index in [4.69, 9.17) is 4.98 Å². The summed E-state index contributed by atoms with van der Waals surface area (Å²) in [6.45, 7) is 10.3. The maximum absolute atomic E-state index is 4.92. The van der Waals surface area contributed by atoms with Gasteiger partial charge in [-0.3, -0.25) is 4.98 Å². The second kappa shape index (κ2) is 4.59. The van der Waals surface area contributed by atoms with Crippen LogP contribution >= 0.6 is 0 Å². The van der Waals surface area contributed by atoms with Crippen LogP contribution in [-0.2, 0) is 6.42 Å². The van der Waals surface area contributed by atoms with E-state index in [1.54, 1.807) is 5.56 Å². The van der Waals surface area contributed by atoms with Crippen LogP contribution in [0.4, 0.5) is 0 Å². The fraction of sp³-hybridized carbons (Fsp3) is 0.706. The van der Waals surface area contributed by atoms with E-state index in [0.717, 1.165) is 12.0 Å². The molecule has 19 heavy (non-hydrogen) atoms. The van der Waals surface area contributed by atoms with Crippen LogP contribution in [0, 0.1) is 26.7 Å². The van der Waals surface area contributed by atoms with Gasteiger partial charge in [0.2, 0.25) is 0 Å². The van der Waals surface area contributed by atoms with E-state index in [-0.39, 0.29) is 0 Å². The Morgan fingerprint density at radius 2 is 1.89 bits per heavy atom. The van der Waals surface area contributed by atoms with Crippen LogP contribution in [0.1, 0.15) is 53.8 Å². The summed E-state index contributed by atoms with van der Waals surface area (Å²) < 4.78 is 0. The molecule has 0 spiro atoms. The first-order valence-corrected chi connectivity index (χ1v) is 7.67. The van der Waals surface area contributed by atoms with E-state index in [2.05, 4.69) is 39.6 Å². The van der Waals surface area contributed by atoms with Crippen molar-refractivity contribution in [3.8, 4) is 0 Å². The fourth-order valence-electron chi connectivity index (χ4n) is 4.22. The van der Waals surface area contributed by atoms with E-state index >= 15 is 0 Å². The van der Waals surface area contributed by atoms with Gasteiger partial charge in [-0.05, 0) is 76.2 Å². The molecule has 2 heterocycles. The average Bonchev–Trinajstić information content (AvgIpc) is 2.92. The predicted molar refractivity (Wildman–Crippen MR) is 79.7 cm³/mol. The van der Waals surface area contributed by atoms with Gasteiger partial charge < -0.3 is 4.90 Å². The summed E-state index contributed by atoms with van der Waals surface area (Å²) in [6.07, 6.45) is 3.98. The van der Waals surface area contributed by atoms with Gasteiger partial charge in [0.15, 0.2) is 0 Å². The van der Waals surface area contributed by atoms with Gasteiger partial charge in [0.25, 0.3) is 0 Å². The summed E-state index contributed by atoms with van der Waals surface area (Å²) in [7, 11) is 2.30. The Bertz CT molecular complexity index is 506. The van der Waals surface area contributed by atoms with Gasteiger partial charge in [-0.15, -0.1) is 0 Å². The van der Waals surface area contributed by atoms with Crippen LogP contribution in [0.2, 0.25) is 0 Å². The van der Waals surface area contributed by atoms with E-state index in [0.29, 0.717) is 5.92 Å². The smallest absolute Gasteiger partial charge is 0.0473 e. The summed E-state index contributed by atoms with van der Waals surface area (Å²) in [6, 6.07) is 0.768. The maximum atomic E-state index is 4.92. The SMILES string of the molecule is Cc1nc2c(c(C)c1C)CC(C1CCCN1C)C2C. The number of pyridine rings is 1. The zero-order valence-electron chi connectivity index (χ0n) is 13.0. The Hall–Kier alpha value is -0.890. The average molecular weight is 258 g/mol. The van der Waals surface area contributed by atoms with E-state index < -0.39 is 0 Å². The highest BCUT2D eigenvalue weighted by Gasteiger charge is 2.40. The maximum Gasteiger partial charge on any atom is 0.0473 e. The second-order valence-electron chi connectivity index (χ2n) is 6.66. The summed E-state index contributed by atoms with van der Waals surface area (Å²) in [4.78, 5) is 7.49. The summed E-state index contributed by atoms with van der Waals surface area (Å²) in [5.74, 6) is 1.40. The highest BCUT2D eigenvalue weighted by Crippen LogP contribution is 2.43. The number of aromatic nitrogens is 1. The summed E-state index contributed by atoms with van der Waals surface area (Å²) in [5, 5.41) is 0. The molecule has 1 aliphatic carbocycles. The van der Waals surface area contributed by atoms with Gasteiger partial charge >= 0.3 is 0 Å². The zero-order valence-corrected chi connectivity index (χ0v) is 13.0. The second-order valence-corrected chi connectivity index (χ2v) is 6.66. The molecular weight excluding hydrogens is 232 g/mol. The van der Waals surface area contributed by atoms with Gasteiger partial charge in [0.05, 0.1) is 0 Å². The third-order valence-corrected chi connectivity index (χ3v) is 5.74. The van der Waals surface area contributed by atoms with Gasteiger partial charge in [-0.1, -0.05) is 6.92 Å². The number of likely N-dealkylation sites (tertiary alicyclic amines) is 1. The van der Waals surface area contributed by atoms with Crippen molar-refractivity contribution in [2.45, 2.75) is 58.9 Å². The van der Waals surface area contributed by atoms with Gasteiger partial charge in [0.1, 0.15) is 0 Å². The molecule has 2 nitrogen and oxygen atoms in total. The standard InChI is InChI=1S/C17H26N2/c1-10-11(2)15-9-14(16-7-6-8-19(16)5)12(3)17(15)18-13(10)4/h12,14,16H,6-9H2,1-5H3. The minimum absolute atomic E-state index is 0.624. The molecular formula is C17H26N2. The first-order chi connectivity index (χ1) is 9.00. The molecule has 3 rings (SSSR count). The Morgan fingerprint density at radius 3 is 2.53 bits per heavy atom. The van der Waals surface area contributed by atoms with Crippen molar-refractivity contribution in [1.82, 2.24) is 9.88 Å². The highest BCUT2D eigenvalue weighted by atomic mass is 15.2. The minimum atomic E-state index is 0.624. The van der Waals surface area contributed by atoms with E-state index in [1.165, 1.54) is 48.3 Å². The lowest BCUT2D eigenvalue weighted by molar-refractivity contribution is 0.213. The molecule has 1 aromatic rings. The topological polar surface area (TPSA) is 16.1 Å². The van der Waals surface area contributed by atoms with Crippen molar-refractivity contribution in [2.24, 2.45) is 5.92 Å². The lowest BCUT2D eigenvalue weighted by atomic mass is 9.87. The van der Waals surface area contributed by atoms with Crippen LogP contribution in [-0.4, -0.2) is 29.5 Å². The third-order valence-electron chi connectivity index (χ3n) is 5.74. The molecule has 1 fully saturated rings. The fourth-order valence-corrected chi connectivity index (χ4v) is 4.22.